The molecule has 2 amide bonds. The molecule has 0 aromatic heterocycles. The summed E-state index contributed by atoms with van der Waals surface area (Å²) in [6.45, 7) is 11.7. The van der Waals surface area contributed by atoms with Crippen molar-refractivity contribution in [3.05, 3.63) is 29.3 Å². The Labute approximate surface area is 191 Å². The molecule has 0 radical (unpaired) electrons. The van der Waals surface area contributed by atoms with Crippen LogP contribution in [0.5, 0.6) is 0 Å². The lowest BCUT2D eigenvalue weighted by Crippen LogP contribution is -2.54. The Morgan fingerprint density at radius 3 is 2.22 bits per heavy atom. The minimum atomic E-state index is -3.60. The van der Waals surface area contributed by atoms with E-state index in [1.54, 1.807) is 22.8 Å². The van der Waals surface area contributed by atoms with E-state index in [-0.39, 0.29) is 43.8 Å². The van der Waals surface area contributed by atoms with E-state index in [0.717, 1.165) is 5.56 Å². The van der Waals surface area contributed by atoms with Crippen molar-refractivity contribution in [1.29, 1.82) is 0 Å². The van der Waals surface area contributed by atoms with E-state index in [4.69, 9.17) is 4.74 Å². The molecule has 178 valence electrons. The molecule has 0 bridgehead atoms. The molecule has 2 heterocycles. The second-order valence-corrected chi connectivity index (χ2v) is 11.4. The summed E-state index contributed by atoms with van der Waals surface area (Å²) in [5.41, 5.74) is 1.22. The van der Waals surface area contributed by atoms with Crippen LogP contribution in [0.15, 0.2) is 23.1 Å². The molecule has 0 spiro atoms. The zero-order valence-electron chi connectivity index (χ0n) is 19.8. The van der Waals surface area contributed by atoms with E-state index in [2.05, 4.69) is 0 Å². The molecule has 0 N–H and O–H groups in total. The van der Waals surface area contributed by atoms with Gasteiger partial charge in [0.25, 0.3) is 0 Å². The zero-order valence-corrected chi connectivity index (χ0v) is 20.6. The number of carbonyl (C=O) groups excluding carboxylic acids is 2. The lowest BCUT2D eigenvalue weighted by molar-refractivity contribution is -0.158. The van der Waals surface area contributed by atoms with Crippen LogP contribution >= 0.6 is 0 Å². The van der Waals surface area contributed by atoms with Gasteiger partial charge in [-0.25, -0.2) is 8.42 Å². The Hall–Kier alpha value is -1.97. The van der Waals surface area contributed by atoms with Gasteiger partial charge in [0, 0.05) is 52.1 Å². The number of carbonyl (C=O) groups is 2. The van der Waals surface area contributed by atoms with E-state index in [1.165, 1.54) is 4.31 Å². The number of morpholine rings is 1. The van der Waals surface area contributed by atoms with Crippen molar-refractivity contribution in [2.75, 3.05) is 39.3 Å². The number of ether oxygens (including phenoxy) is 1. The van der Waals surface area contributed by atoms with Crippen LogP contribution in [-0.2, 0) is 24.3 Å². The van der Waals surface area contributed by atoms with Gasteiger partial charge in [0.1, 0.15) is 0 Å². The summed E-state index contributed by atoms with van der Waals surface area (Å²) < 4.78 is 33.4. The highest BCUT2D eigenvalue weighted by Crippen LogP contribution is 2.24. The molecule has 1 aromatic rings. The molecule has 0 aliphatic carbocycles. The van der Waals surface area contributed by atoms with Crippen LogP contribution < -0.4 is 0 Å². The van der Waals surface area contributed by atoms with Gasteiger partial charge in [-0.15, -0.1) is 0 Å². The summed E-state index contributed by atoms with van der Waals surface area (Å²) in [6.07, 6.45) is 0.252. The Kier molecular flexibility index (Phi) is 7.31. The number of amides is 2. The topological polar surface area (TPSA) is 87.2 Å². The first-order chi connectivity index (χ1) is 14.9. The number of aryl methyl sites for hydroxylation is 2. The second kappa shape index (κ2) is 9.49. The molecule has 0 saturated carbocycles. The Morgan fingerprint density at radius 2 is 1.62 bits per heavy atom. The van der Waals surface area contributed by atoms with Gasteiger partial charge in [-0.3, -0.25) is 9.59 Å². The largest absolute Gasteiger partial charge is 0.369 e. The zero-order chi connectivity index (χ0) is 23.7. The van der Waals surface area contributed by atoms with E-state index in [0.29, 0.717) is 36.6 Å². The standard InChI is InChI=1S/C23H35N3O5S/c1-17-6-7-18(2)20(14-17)32(29,30)26-12-10-24(11-13-26)21(27)8-9-22(28)25-15-19(3)31-23(4,5)16-25/h6-7,14,19H,8-13,15-16H2,1-5H3. The smallest absolute Gasteiger partial charge is 0.243 e. The van der Waals surface area contributed by atoms with Crippen molar-refractivity contribution in [1.82, 2.24) is 14.1 Å². The van der Waals surface area contributed by atoms with Crippen molar-refractivity contribution >= 4 is 21.8 Å². The quantitative estimate of drug-likeness (QED) is 0.663. The van der Waals surface area contributed by atoms with Gasteiger partial charge < -0.3 is 14.5 Å². The third kappa shape index (κ3) is 5.68. The fourth-order valence-corrected chi connectivity index (χ4v) is 6.21. The molecule has 1 atom stereocenters. The van der Waals surface area contributed by atoms with Crippen LogP contribution in [0.2, 0.25) is 0 Å². The predicted molar refractivity (Wildman–Crippen MR) is 122 cm³/mol. The maximum absolute atomic E-state index is 13.1. The van der Waals surface area contributed by atoms with Gasteiger partial charge in [-0.1, -0.05) is 12.1 Å². The molecular formula is C23H35N3O5S. The molecule has 3 rings (SSSR count). The molecule has 1 unspecified atom stereocenters. The van der Waals surface area contributed by atoms with E-state index in [1.807, 2.05) is 39.8 Å². The summed E-state index contributed by atoms with van der Waals surface area (Å²) in [5.74, 6) is -0.152. The second-order valence-electron chi connectivity index (χ2n) is 9.52. The summed E-state index contributed by atoms with van der Waals surface area (Å²) in [5, 5.41) is 0. The van der Waals surface area contributed by atoms with Crippen LogP contribution in [0.1, 0.15) is 44.7 Å². The SMILES string of the molecule is Cc1ccc(C)c(S(=O)(=O)N2CCN(C(=O)CCC(=O)N3CC(C)OC(C)(C)C3)CC2)c1. The Balaban J connectivity index is 1.52. The normalized spacial score (nSPS) is 22.1. The Bertz CT molecular complexity index is 968. The van der Waals surface area contributed by atoms with Crippen LogP contribution in [-0.4, -0.2) is 85.3 Å². The lowest BCUT2D eigenvalue weighted by atomic mass is 10.0. The molecule has 2 aliphatic rings. The third-order valence-electron chi connectivity index (χ3n) is 6.03. The molecule has 1 aromatic carbocycles. The highest BCUT2D eigenvalue weighted by atomic mass is 32.2. The highest BCUT2D eigenvalue weighted by Gasteiger charge is 2.34. The van der Waals surface area contributed by atoms with Gasteiger partial charge in [0.2, 0.25) is 21.8 Å². The highest BCUT2D eigenvalue weighted by molar-refractivity contribution is 7.89. The van der Waals surface area contributed by atoms with Crippen LogP contribution in [0.4, 0.5) is 0 Å². The number of hydrogen-bond acceptors (Lipinski definition) is 5. The predicted octanol–water partition coefficient (Wildman–Crippen LogP) is 1.94. The molecule has 8 nitrogen and oxygen atoms in total. The van der Waals surface area contributed by atoms with E-state index >= 15 is 0 Å². The lowest BCUT2D eigenvalue weighted by Gasteiger charge is -2.41. The van der Waals surface area contributed by atoms with Crippen LogP contribution in [0.3, 0.4) is 0 Å². The number of sulfonamides is 1. The number of piperazine rings is 1. The first-order valence-electron chi connectivity index (χ1n) is 11.2. The molecular weight excluding hydrogens is 430 g/mol. The van der Waals surface area contributed by atoms with Gasteiger partial charge in [-0.2, -0.15) is 4.31 Å². The molecule has 9 heteroatoms. The molecule has 32 heavy (non-hydrogen) atoms. The number of benzene rings is 1. The fourth-order valence-electron chi connectivity index (χ4n) is 4.48. The monoisotopic (exact) mass is 465 g/mol. The fraction of sp³-hybridized carbons (Fsp3) is 0.652. The number of hydrogen-bond donors (Lipinski definition) is 0. The number of nitrogens with zero attached hydrogens (tertiary/aromatic N) is 3. The van der Waals surface area contributed by atoms with Gasteiger partial charge >= 0.3 is 0 Å². The first kappa shape index (κ1) is 24.7. The van der Waals surface area contributed by atoms with Crippen LogP contribution in [0.25, 0.3) is 0 Å². The first-order valence-corrected chi connectivity index (χ1v) is 12.6. The average molecular weight is 466 g/mol. The third-order valence-corrected chi connectivity index (χ3v) is 8.07. The van der Waals surface area contributed by atoms with Crippen molar-refractivity contribution in [2.24, 2.45) is 0 Å². The van der Waals surface area contributed by atoms with Gasteiger partial charge in [0.05, 0.1) is 16.6 Å². The summed E-state index contributed by atoms with van der Waals surface area (Å²) in [4.78, 5) is 29.1. The number of rotatable bonds is 5. The van der Waals surface area contributed by atoms with Crippen LogP contribution in [0, 0.1) is 13.8 Å². The summed E-state index contributed by atoms with van der Waals surface area (Å²) in [6, 6.07) is 5.40. The minimum Gasteiger partial charge on any atom is -0.369 e. The van der Waals surface area contributed by atoms with Crippen molar-refractivity contribution < 1.29 is 22.7 Å². The van der Waals surface area contributed by atoms with Gasteiger partial charge in [-0.05, 0) is 51.8 Å². The van der Waals surface area contributed by atoms with Gasteiger partial charge in [0.15, 0.2) is 0 Å². The van der Waals surface area contributed by atoms with Crippen molar-refractivity contribution in [3.8, 4) is 0 Å². The maximum Gasteiger partial charge on any atom is 0.243 e. The van der Waals surface area contributed by atoms with E-state index in [9.17, 15) is 18.0 Å². The van der Waals surface area contributed by atoms with E-state index < -0.39 is 15.6 Å². The van der Waals surface area contributed by atoms with Crippen molar-refractivity contribution in [3.63, 3.8) is 0 Å². The summed E-state index contributed by atoms with van der Waals surface area (Å²) >= 11 is 0. The molecule has 2 fully saturated rings. The molecule has 2 saturated heterocycles. The summed E-state index contributed by atoms with van der Waals surface area (Å²) in [7, 11) is -3.60. The minimum absolute atomic E-state index is 0.0366. The average Bonchev–Trinajstić information content (AvgIpc) is 2.72. The Morgan fingerprint density at radius 1 is 1.03 bits per heavy atom. The molecule has 2 aliphatic heterocycles. The van der Waals surface area contributed by atoms with Crippen molar-refractivity contribution in [2.45, 2.75) is 64.1 Å². The maximum atomic E-state index is 13.1.